The van der Waals surface area contributed by atoms with Gasteiger partial charge < -0.3 is 19.9 Å². The van der Waals surface area contributed by atoms with Crippen molar-refractivity contribution in [3.05, 3.63) is 59.4 Å². The molecule has 1 aliphatic rings. The molecule has 31 heavy (non-hydrogen) atoms. The molecule has 0 aliphatic carbocycles. The van der Waals surface area contributed by atoms with Crippen LogP contribution in [0.4, 0.5) is 4.79 Å². The van der Waals surface area contributed by atoms with Gasteiger partial charge in [0, 0.05) is 18.8 Å². The molecule has 2 heterocycles. The maximum Gasteiger partial charge on any atom is 0.318 e. The number of carbonyl (C=O) groups excluding carboxylic acids is 1. The zero-order chi connectivity index (χ0) is 22.2. The van der Waals surface area contributed by atoms with Gasteiger partial charge in [0.1, 0.15) is 5.75 Å². The van der Waals surface area contributed by atoms with Crippen LogP contribution in [0.2, 0.25) is 0 Å². The Morgan fingerprint density at radius 3 is 2.55 bits per heavy atom. The Morgan fingerprint density at radius 1 is 1.19 bits per heavy atom. The quantitative estimate of drug-likeness (QED) is 0.689. The van der Waals surface area contributed by atoms with Crippen LogP contribution in [0.25, 0.3) is 0 Å². The standard InChI is InChI=1S/C25H36N4O2/c1-19(2)18-31-23-9-7-21(8-10-23)16-29(17-24-20(3)6-5-13-26-24)25(30)27-22-11-14-28(4)15-12-22/h5-10,13,19,22H,11-12,14-18H2,1-4H3,(H,27,30). The molecule has 0 saturated carbocycles. The maximum absolute atomic E-state index is 13.2. The highest BCUT2D eigenvalue weighted by Gasteiger charge is 2.22. The number of likely N-dealkylation sites (tertiary alicyclic amines) is 1. The summed E-state index contributed by atoms with van der Waals surface area (Å²) in [6, 6.07) is 12.2. The summed E-state index contributed by atoms with van der Waals surface area (Å²) in [5, 5.41) is 3.25. The molecule has 1 saturated heterocycles. The minimum Gasteiger partial charge on any atom is -0.493 e. The van der Waals surface area contributed by atoms with Crippen molar-refractivity contribution in [1.29, 1.82) is 0 Å². The van der Waals surface area contributed by atoms with Crippen molar-refractivity contribution in [2.24, 2.45) is 5.92 Å². The number of rotatable bonds is 8. The molecular weight excluding hydrogens is 388 g/mol. The molecule has 6 heteroatoms. The highest BCUT2D eigenvalue weighted by atomic mass is 16.5. The van der Waals surface area contributed by atoms with Gasteiger partial charge in [-0.3, -0.25) is 4.98 Å². The smallest absolute Gasteiger partial charge is 0.318 e. The summed E-state index contributed by atoms with van der Waals surface area (Å²) in [5.41, 5.74) is 3.10. The van der Waals surface area contributed by atoms with Gasteiger partial charge >= 0.3 is 6.03 Å². The molecule has 0 spiro atoms. The van der Waals surface area contributed by atoms with Gasteiger partial charge in [-0.2, -0.15) is 0 Å². The lowest BCUT2D eigenvalue weighted by Crippen LogP contribution is -2.48. The molecule has 3 rings (SSSR count). The van der Waals surface area contributed by atoms with E-state index in [9.17, 15) is 4.79 Å². The third-order valence-electron chi connectivity index (χ3n) is 5.67. The van der Waals surface area contributed by atoms with E-state index in [2.05, 4.69) is 36.1 Å². The number of nitrogens with one attached hydrogen (secondary N) is 1. The minimum absolute atomic E-state index is 0.0280. The second kappa shape index (κ2) is 11.1. The number of ether oxygens (including phenoxy) is 1. The normalized spacial score (nSPS) is 15.1. The zero-order valence-corrected chi connectivity index (χ0v) is 19.3. The third-order valence-corrected chi connectivity index (χ3v) is 5.67. The number of hydrogen-bond donors (Lipinski definition) is 1. The lowest BCUT2D eigenvalue weighted by Gasteiger charge is -2.32. The molecule has 2 amide bonds. The van der Waals surface area contributed by atoms with E-state index in [-0.39, 0.29) is 12.1 Å². The van der Waals surface area contributed by atoms with Gasteiger partial charge in [0.15, 0.2) is 0 Å². The van der Waals surface area contributed by atoms with E-state index in [1.165, 1.54) is 0 Å². The fraction of sp³-hybridized carbons (Fsp3) is 0.520. The predicted octanol–water partition coefficient (Wildman–Crippen LogP) is 4.23. The van der Waals surface area contributed by atoms with Crippen LogP contribution in [-0.2, 0) is 13.1 Å². The number of aromatic nitrogens is 1. The van der Waals surface area contributed by atoms with E-state index in [0.29, 0.717) is 25.6 Å². The molecule has 0 radical (unpaired) electrons. The van der Waals surface area contributed by atoms with Crippen molar-refractivity contribution in [2.75, 3.05) is 26.7 Å². The fourth-order valence-corrected chi connectivity index (χ4v) is 3.66. The first-order chi connectivity index (χ1) is 14.9. The number of aryl methyl sites for hydroxylation is 1. The van der Waals surface area contributed by atoms with Crippen molar-refractivity contribution in [2.45, 2.75) is 52.7 Å². The van der Waals surface area contributed by atoms with Crippen LogP contribution in [-0.4, -0.2) is 53.6 Å². The number of pyridine rings is 1. The van der Waals surface area contributed by atoms with Crippen molar-refractivity contribution >= 4 is 6.03 Å². The molecule has 0 atom stereocenters. The van der Waals surface area contributed by atoms with Crippen molar-refractivity contribution in [3.8, 4) is 5.75 Å². The maximum atomic E-state index is 13.2. The summed E-state index contributed by atoms with van der Waals surface area (Å²) in [4.78, 5) is 21.9. The summed E-state index contributed by atoms with van der Waals surface area (Å²) in [7, 11) is 2.13. The van der Waals surface area contributed by atoms with Crippen LogP contribution < -0.4 is 10.1 Å². The minimum atomic E-state index is -0.0280. The molecule has 1 aromatic carbocycles. The van der Waals surface area contributed by atoms with Crippen molar-refractivity contribution in [1.82, 2.24) is 20.1 Å². The van der Waals surface area contributed by atoms with Gasteiger partial charge in [-0.25, -0.2) is 4.79 Å². The second-order valence-corrected chi connectivity index (χ2v) is 9.00. The number of benzene rings is 1. The number of urea groups is 1. The zero-order valence-electron chi connectivity index (χ0n) is 19.3. The van der Waals surface area contributed by atoms with E-state index < -0.39 is 0 Å². The topological polar surface area (TPSA) is 57.7 Å². The summed E-state index contributed by atoms with van der Waals surface area (Å²) >= 11 is 0. The highest BCUT2D eigenvalue weighted by Crippen LogP contribution is 2.17. The van der Waals surface area contributed by atoms with Gasteiger partial charge in [-0.1, -0.05) is 32.0 Å². The summed E-state index contributed by atoms with van der Waals surface area (Å²) in [5.74, 6) is 1.35. The summed E-state index contributed by atoms with van der Waals surface area (Å²) < 4.78 is 5.79. The van der Waals surface area contributed by atoms with Gasteiger partial charge in [-0.15, -0.1) is 0 Å². The summed E-state index contributed by atoms with van der Waals surface area (Å²) in [6.07, 6.45) is 3.76. The molecule has 2 aromatic rings. The highest BCUT2D eigenvalue weighted by molar-refractivity contribution is 5.74. The van der Waals surface area contributed by atoms with Crippen LogP contribution in [0, 0.1) is 12.8 Å². The number of hydrogen-bond acceptors (Lipinski definition) is 4. The molecule has 0 bridgehead atoms. The summed E-state index contributed by atoms with van der Waals surface area (Å²) in [6.45, 7) is 10.0. The first kappa shape index (κ1) is 23.1. The second-order valence-electron chi connectivity index (χ2n) is 9.00. The molecule has 168 valence electrons. The largest absolute Gasteiger partial charge is 0.493 e. The Morgan fingerprint density at radius 2 is 1.90 bits per heavy atom. The van der Waals surface area contributed by atoms with Crippen LogP contribution in [0.1, 0.15) is 43.5 Å². The molecular formula is C25H36N4O2. The SMILES string of the molecule is Cc1cccnc1CN(Cc1ccc(OCC(C)C)cc1)C(=O)NC1CCN(C)CC1. The Hall–Kier alpha value is -2.60. The predicted molar refractivity (Wildman–Crippen MR) is 124 cm³/mol. The number of piperidine rings is 1. The van der Waals surface area contributed by atoms with Crippen LogP contribution in [0.15, 0.2) is 42.6 Å². The van der Waals surface area contributed by atoms with Gasteiger partial charge in [-0.05, 0) is 75.1 Å². The Kier molecular flexibility index (Phi) is 8.29. The Bertz CT molecular complexity index is 830. The molecule has 1 aromatic heterocycles. The molecule has 1 fully saturated rings. The third kappa shape index (κ3) is 7.24. The number of nitrogens with zero attached hydrogens (tertiary/aromatic N) is 3. The van der Waals surface area contributed by atoms with Gasteiger partial charge in [0.25, 0.3) is 0 Å². The van der Waals surface area contributed by atoms with Crippen molar-refractivity contribution < 1.29 is 9.53 Å². The molecule has 0 unspecified atom stereocenters. The Balaban J connectivity index is 1.69. The van der Waals surface area contributed by atoms with E-state index >= 15 is 0 Å². The van der Waals surface area contributed by atoms with Crippen LogP contribution >= 0.6 is 0 Å². The van der Waals surface area contributed by atoms with E-state index in [1.54, 1.807) is 6.20 Å². The van der Waals surface area contributed by atoms with E-state index in [4.69, 9.17) is 4.74 Å². The molecule has 1 N–H and O–H groups in total. The van der Waals surface area contributed by atoms with E-state index in [0.717, 1.165) is 48.5 Å². The van der Waals surface area contributed by atoms with Crippen LogP contribution in [0.5, 0.6) is 5.75 Å². The first-order valence-electron chi connectivity index (χ1n) is 11.3. The average molecular weight is 425 g/mol. The molecule has 6 nitrogen and oxygen atoms in total. The van der Waals surface area contributed by atoms with E-state index in [1.807, 2.05) is 48.2 Å². The number of carbonyl (C=O) groups is 1. The number of amides is 2. The lowest BCUT2D eigenvalue weighted by molar-refractivity contribution is 0.175. The fourth-order valence-electron chi connectivity index (χ4n) is 3.66. The first-order valence-corrected chi connectivity index (χ1v) is 11.3. The lowest BCUT2D eigenvalue weighted by atomic mass is 10.1. The monoisotopic (exact) mass is 424 g/mol. The van der Waals surface area contributed by atoms with Crippen LogP contribution in [0.3, 0.4) is 0 Å². The van der Waals surface area contributed by atoms with Gasteiger partial charge in [0.05, 0.1) is 18.8 Å². The average Bonchev–Trinajstić information content (AvgIpc) is 2.75. The van der Waals surface area contributed by atoms with Crippen molar-refractivity contribution in [3.63, 3.8) is 0 Å². The van der Waals surface area contributed by atoms with Gasteiger partial charge in [0.2, 0.25) is 0 Å². The Labute approximate surface area is 186 Å². The molecule has 1 aliphatic heterocycles.